The normalized spacial score (nSPS) is 12.7. The summed E-state index contributed by atoms with van der Waals surface area (Å²) in [5.41, 5.74) is 22.6. The second-order valence-corrected chi connectivity index (χ2v) is 46.5. The first-order valence-electron chi connectivity index (χ1n) is 47.3. The largest absolute Gasteiger partial charge is 0.358 e. The minimum Gasteiger partial charge on any atom is -0.358 e. The van der Waals surface area contributed by atoms with Gasteiger partial charge < -0.3 is 9.97 Å². The molecular formula is C122H169N3. The van der Waals surface area contributed by atoms with Crippen molar-refractivity contribution in [3.8, 4) is 22.3 Å². The molecule has 0 spiro atoms. The monoisotopic (exact) mass is 1680 g/mol. The highest BCUT2D eigenvalue weighted by atomic mass is 14.9. The van der Waals surface area contributed by atoms with Gasteiger partial charge in [0.15, 0.2) is 0 Å². The quantitative estimate of drug-likeness (QED) is 0.112. The average molecular weight is 1680 g/mol. The first-order chi connectivity index (χ1) is 58.4. The molecule has 2 N–H and O–H groups in total. The van der Waals surface area contributed by atoms with E-state index in [1.165, 1.54) is 182 Å². The molecule has 0 unspecified atom stereocenters. The molecule has 0 aliphatic heterocycles. The number of nitrogens with zero attached hydrogens (tertiary/aromatic N) is 1. The fraction of sp³-hybridized carbons (Fsp3) is 0.451. The van der Waals surface area contributed by atoms with Crippen molar-refractivity contribution < 1.29 is 0 Å². The lowest BCUT2D eigenvalue weighted by Gasteiger charge is -2.28. The first-order valence-corrected chi connectivity index (χ1v) is 47.3. The number of aryl methyl sites for hydroxylation is 4. The molecule has 1 aliphatic rings. The van der Waals surface area contributed by atoms with Gasteiger partial charge in [-0.05, 0) is 233 Å². The fourth-order valence-electron chi connectivity index (χ4n) is 15.5. The number of H-pyrrole nitrogens is 2. The Labute approximate surface area is 764 Å². The molecule has 3 nitrogen and oxygen atoms in total. The average Bonchev–Trinajstić information content (AvgIpc) is 1.38. The van der Waals surface area contributed by atoms with Crippen LogP contribution in [0.15, 0.2) is 292 Å². The molecule has 672 valence electrons. The van der Waals surface area contributed by atoms with Gasteiger partial charge in [-0.25, -0.2) is 4.98 Å². The third-order valence-electron chi connectivity index (χ3n) is 21.7. The Morgan fingerprint density at radius 3 is 1.10 bits per heavy atom. The van der Waals surface area contributed by atoms with E-state index in [4.69, 9.17) is 0 Å². The molecule has 0 bridgehead atoms. The van der Waals surface area contributed by atoms with Crippen molar-refractivity contribution in [2.75, 3.05) is 0 Å². The van der Waals surface area contributed by atoms with Crippen molar-refractivity contribution in [1.29, 1.82) is 0 Å². The van der Waals surface area contributed by atoms with Crippen LogP contribution in [0.1, 0.15) is 295 Å². The van der Waals surface area contributed by atoms with Gasteiger partial charge in [0.25, 0.3) is 0 Å². The first kappa shape index (κ1) is 104. The van der Waals surface area contributed by atoms with Gasteiger partial charge in [0.2, 0.25) is 0 Å². The Hall–Kier alpha value is -9.31. The maximum Gasteiger partial charge on any atom is 0.0921 e. The maximum absolute atomic E-state index is 3.95. The fourth-order valence-corrected chi connectivity index (χ4v) is 15.5. The van der Waals surface area contributed by atoms with Crippen LogP contribution in [0.25, 0.3) is 54.7 Å². The Bertz CT molecular complexity index is 5000. The highest BCUT2D eigenvalue weighted by Crippen LogP contribution is 2.35. The molecule has 125 heavy (non-hydrogen) atoms. The number of hydrogen-bond donors (Lipinski definition) is 2. The predicted octanol–water partition coefficient (Wildman–Crippen LogP) is 36.5. The number of benzene rings is 11. The minimum atomic E-state index is 0.348. The topological polar surface area (TPSA) is 44.5 Å². The van der Waals surface area contributed by atoms with Gasteiger partial charge in [-0.2, -0.15) is 0 Å². The SMILES string of the molecule is CC(C)(C)CC1CCCCC1.CC(C)(C)CCc1ccc(-c2ccccc2)cc1.CC(C)(C)CCc1ccccc1.CC(C)(C)Cc1cc2ccccc2[nH]1.CC(C)(C)Cc1ccc(-c2ccccc2)cc1.CC(C)(C)Cc1ccc2ccccc2c1.CC(C)(C)Cc1cccc2ccccc12.CC(C)(C)Cc1cnc[nH]1.Cc1ccc(CCC(C)(C)C)cc1. The highest BCUT2D eigenvalue weighted by Gasteiger charge is 2.22. The Morgan fingerprint density at radius 2 is 0.656 bits per heavy atom. The van der Waals surface area contributed by atoms with Crippen molar-refractivity contribution >= 4 is 32.4 Å². The van der Waals surface area contributed by atoms with Crippen LogP contribution in [0.3, 0.4) is 0 Å². The molecule has 0 saturated heterocycles. The van der Waals surface area contributed by atoms with Crippen LogP contribution >= 0.6 is 0 Å². The number of nitrogens with one attached hydrogen (secondary N) is 2. The van der Waals surface area contributed by atoms with Crippen LogP contribution in [0.5, 0.6) is 0 Å². The zero-order chi connectivity index (χ0) is 92.1. The van der Waals surface area contributed by atoms with E-state index >= 15 is 0 Å². The molecule has 0 radical (unpaired) electrons. The second kappa shape index (κ2) is 49.7. The molecule has 11 aromatic carbocycles. The number of rotatable bonds is 14. The highest BCUT2D eigenvalue weighted by molar-refractivity contribution is 5.86. The third-order valence-corrected chi connectivity index (χ3v) is 21.7. The van der Waals surface area contributed by atoms with E-state index < -0.39 is 0 Å². The molecule has 0 atom stereocenters. The van der Waals surface area contributed by atoms with Crippen LogP contribution in [0, 0.1) is 61.6 Å². The van der Waals surface area contributed by atoms with E-state index in [1.54, 1.807) is 6.33 Å². The van der Waals surface area contributed by atoms with Gasteiger partial charge in [0.05, 0.1) is 6.33 Å². The van der Waals surface area contributed by atoms with E-state index in [2.05, 4.69) is 488 Å². The summed E-state index contributed by atoms with van der Waals surface area (Å²) in [5, 5.41) is 6.73. The summed E-state index contributed by atoms with van der Waals surface area (Å²) in [7, 11) is 0. The molecule has 1 aliphatic carbocycles. The van der Waals surface area contributed by atoms with Crippen LogP contribution in [0.2, 0.25) is 0 Å². The lowest BCUT2D eigenvalue weighted by molar-refractivity contribution is 0.240. The summed E-state index contributed by atoms with van der Waals surface area (Å²) in [6.07, 6.45) is 25.4. The van der Waals surface area contributed by atoms with Gasteiger partial charge in [-0.15, -0.1) is 0 Å². The molecule has 13 aromatic rings. The molecule has 1 fully saturated rings. The third kappa shape index (κ3) is 47.2. The molecular weight excluding hydrogens is 1510 g/mol. The van der Waals surface area contributed by atoms with Crippen molar-refractivity contribution in [2.45, 2.75) is 303 Å². The minimum absolute atomic E-state index is 0.348. The Kier molecular flexibility index (Phi) is 41.5. The number of para-hydroxylation sites is 1. The van der Waals surface area contributed by atoms with Crippen molar-refractivity contribution in [3.05, 3.63) is 342 Å². The van der Waals surface area contributed by atoms with Crippen LogP contribution in [-0.4, -0.2) is 15.0 Å². The summed E-state index contributed by atoms with van der Waals surface area (Å²) in [4.78, 5) is 10.5. The Morgan fingerprint density at radius 1 is 0.280 bits per heavy atom. The maximum atomic E-state index is 3.95. The molecule has 0 amide bonds. The summed E-state index contributed by atoms with van der Waals surface area (Å²) in [5.74, 6) is 1.05. The number of aromatic amines is 2. The lowest BCUT2D eigenvalue weighted by atomic mass is 9.78. The molecule has 14 rings (SSSR count). The zero-order valence-electron chi connectivity index (χ0n) is 83.8. The molecule has 3 heteroatoms. The predicted molar refractivity (Wildman–Crippen MR) is 556 cm³/mol. The van der Waals surface area contributed by atoms with E-state index in [-0.39, 0.29) is 0 Å². The van der Waals surface area contributed by atoms with Crippen LogP contribution < -0.4 is 0 Å². The zero-order valence-corrected chi connectivity index (χ0v) is 83.8. The smallest absolute Gasteiger partial charge is 0.0921 e. The lowest BCUT2D eigenvalue weighted by Crippen LogP contribution is -2.15. The number of hydrogen-bond acceptors (Lipinski definition) is 1. The number of imidazole rings is 1. The summed E-state index contributed by atoms with van der Waals surface area (Å²) in [6, 6.07) is 99.7. The summed E-state index contributed by atoms with van der Waals surface area (Å²) in [6.45, 7) is 63.8. The van der Waals surface area contributed by atoms with Gasteiger partial charge >= 0.3 is 0 Å². The van der Waals surface area contributed by atoms with Crippen LogP contribution in [0.4, 0.5) is 0 Å². The van der Waals surface area contributed by atoms with Gasteiger partial charge in [-0.1, -0.05) is 492 Å². The second-order valence-electron chi connectivity index (χ2n) is 46.5. The standard InChI is InChI=1S/C18H22.C17H20.2C15H18.C13H17N.C13H20.C12H18.C11H22.C8H14N2/c1-18(2,3)14-13-15-9-11-17(12-10-15)16-7-5-4-6-8-16;1-17(2,3)13-14-9-11-16(12-10-14)15-7-5-4-6-8-15;1-15(2,3)11-13-9-6-8-12-7-4-5-10-14(12)13;1-15(2,3)11-12-8-9-13-6-4-5-7-14(13)10-12;1-13(2,3)9-11-8-10-6-4-5-7-12(10)14-11;1-11-5-7-12(8-6-11)9-10-13(2,3)4;1-12(2,3)10-9-11-7-5-4-6-8-11;1-11(2,3)9-10-7-5-4-6-8-10;1-8(2,3)4-7-5-9-6-10-7/h4-12H,13-14H2,1-3H3;4-12H,13H2,1-3H3;2*4-10H,11H2,1-3H3;4-8,14H,9H2,1-3H3;5-8H,9-10H2,1-4H3;4-8H,9-10H2,1-3H3;10H,4-9H2,1-3H3;5-6H,4H2,1-3H3,(H,9,10). The van der Waals surface area contributed by atoms with Crippen LogP contribution in [-0.2, 0) is 51.4 Å². The van der Waals surface area contributed by atoms with E-state index in [1.807, 2.05) is 6.20 Å². The molecule has 2 heterocycles. The van der Waals surface area contributed by atoms with Crippen molar-refractivity contribution in [2.24, 2.45) is 54.7 Å². The van der Waals surface area contributed by atoms with Crippen molar-refractivity contribution in [3.63, 3.8) is 0 Å². The molecule has 1 saturated carbocycles. The molecule has 2 aromatic heterocycles. The summed E-state index contributed by atoms with van der Waals surface area (Å²) < 4.78 is 0. The van der Waals surface area contributed by atoms with Gasteiger partial charge in [0.1, 0.15) is 0 Å². The van der Waals surface area contributed by atoms with Crippen molar-refractivity contribution in [1.82, 2.24) is 15.0 Å². The Balaban J connectivity index is 0.000000218. The van der Waals surface area contributed by atoms with E-state index in [9.17, 15) is 0 Å². The van der Waals surface area contributed by atoms with Gasteiger partial charge in [0, 0.05) is 23.1 Å². The number of fused-ring (bicyclic) bond motifs is 3. The summed E-state index contributed by atoms with van der Waals surface area (Å²) >= 11 is 0. The van der Waals surface area contributed by atoms with E-state index in [0.29, 0.717) is 48.7 Å². The van der Waals surface area contributed by atoms with Gasteiger partial charge in [-0.3, -0.25) is 0 Å². The number of aromatic nitrogens is 3. The van der Waals surface area contributed by atoms with E-state index in [0.717, 1.165) is 38.0 Å².